The van der Waals surface area contributed by atoms with Gasteiger partial charge in [-0.25, -0.2) is 0 Å². The molecule has 3 aromatic rings. The third-order valence-corrected chi connectivity index (χ3v) is 4.49. The van der Waals surface area contributed by atoms with E-state index in [-0.39, 0.29) is 11.8 Å². The molecule has 1 unspecified atom stereocenters. The Bertz CT molecular complexity index is 899. The summed E-state index contributed by atoms with van der Waals surface area (Å²) < 4.78 is 0. The van der Waals surface area contributed by atoms with Gasteiger partial charge in [0.2, 0.25) is 0 Å². The third-order valence-electron chi connectivity index (χ3n) is 4.49. The van der Waals surface area contributed by atoms with Gasteiger partial charge in [0, 0.05) is 18.7 Å². The number of hydrogen-bond acceptors (Lipinski definition) is 3. The van der Waals surface area contributed by atoms with E-state index in [1.165, 1.54) is 0 Å². The highest BCUT2D eigenvalue weighted by atomic mass is 16.2. The highest BCUT2D eigenvalue weighted by molar-refractivity contribution is 5.97. The average Bonchev–Trinajstić information content (AvgIpc) is 2.78. The summed E-state index contributed by atoms with van der Waals surface area (Å²) in [5, 5.41) is 8.84. The SMILES string of the molecule is O=C(NC(NCCc1ccccc1)C(=O)NCc1ccccc1)c1ccccc1. The van der Waals surface area contributed by atoms with Crippen LogP contribution in [-0.2, 0) is 17.8 Å². The Hall–Kier alpha value is -3.44. The number of nitrogens with one attached hydrogen (secondary N) is 3. The normalized spacial score (nSPS) is 11.4. The minimum absolute atomic E-state index is 0.272. The van der Waals surface area contributed by atoms with Crippen molar-refractivity contribution in [1.82, 2.24) is 16.0 Å². The van der Waals surface area contributed by atoms with Gasteiger partial charge in [0.25, 0.3) is 11.8 Å². The first-order chi connectivity index (χ1) is 14.2. The molecule has 0 fully saturated rings. The zero-order valence-electron chi connectivity index (χ0n) is 16.2. The van der Waals surface area contributed by atoms with E-state index in [2.05, 4.69) is 16.0 Å². The lowest BCUT2D eigenvalue weighted by atomic mass is 10.1. The number of benzene rings is 3. The molecule has 3 aromatic carbocycles. The maximum Gasteiger partial charge on any atom is 0.257 e. The molecular weight excluding hydrogens is 362 g/mol. The van der Waals surface area contributed by atoms with E-state index in [0.29, 0.717) is 18.7 Å². The molecule has 3 N–H and O–H groups in total. The molecule has 29 heavy (non-hydrogen) atoms. The minimum Gasteiger partial charge on any atom is -0.349 e. The Morgan fingerprint density at radius 3 is 1.90 bits per heavy atom. The zero-order valence-corrected chi connectivity index (χ0v) is 16.2. The monoisotopic (exact) mass is 387 g/mol. The molecule has 0 heterocycles. The van der Waals surface area contributed by atoms with E-state index in [0.717, 1.165) is 17.5 Å². The Labute approximate surface area is 171 Å². The van der Waals surface area contributed by atoms with Gasteiger partial charge < -0.3 is 10.6 Å². The van der Waals surface area contributed by atoms with Crippen LogP contribution in [0.4, 0.5) is 0 Å². The van der Waals surface area contributed by atoms with E-state index in [4.69, 9.17) is 0 Å². The second kappa shape index (κ2) is 10.8. The zero-order chi connectivity index (χ0) is 20.3. The predicted octanol–water partition coefficient (Wildman–Crippen LogP) is 2.89. The van der Waals surface area contributed by atoms with Crippen LogP contribution in [0.15, 0.2) is 91.0 Å². The summed E-state index contributed by atoms with van der Waals surface area (Å²) in [5.74, 6) is -0.566. The van der Waals surface area contributed by atoms with Crippen LogP contribution in [-0.4, -0.2) is 24.5 Å². The van der Waals surface area contributed by atoms with Crippen LogP contribution in [0.2, 0.25) is 0 Å². The van der Waals surface area contributed by atoms with Crippen LogP contribution in [0.1, 0.15) is 21.5 Å². The number of carbonyl (C=O) groups excluding carboxylic acids is 2. The molecule has 0 bridgehead atoms. The van der Waals surface area contributed by atoms with Crippen LogP contribution >= 0.6 is 0 Å². The summed E-state index contributed by atoms with van der Waals surface area (Å²) in [6.07, 6.45) is -0.0695. The van der Waals surface area contributed by atoms with Gasteiger partial charge in [-0.1, -0.05) is 78.9 Å². The minimum atomic E-state index is -0.824. The Morgan fingerprint density at radius 1 is 0.724 bits per heavy atom. The van der Waals surface area contributed by atoms with Crippen LogP contribution in [0.3, 0.4) is 0 Å². The molecular formula is C24H25N3O2. The second-order valence-corrected chi connectivity index (χ2v) is 6.67. The summed E-state index contributed by atoms with van der Waals surface area (Å²) in [5.41, 5.74) is 2.68. The molecule has 0 saturated carbocycles. The first-order valence-electron chi connectivity index (χ1n) is 9.67. The Morgan fingerprint density at radius 2 is 1.28 bits per heavy atom. The maximum absolute atomic E-state index is 12.7. The molecule has 0 radical (unpaired) electrons. The molecule has 0 aliphatic heterocycles. The largest absolute Gasteiger partial charge is 0.349 e. The molecule has 5 heteroatoms. The Kier molecular flexibility index (Phi) is 7.55. The molecule has 0 aliphatic carbocycles. The van der Waals surface area contributed by atoms with Gasteiger partial charge >= 0.3 is 0 Å². The van der Waals surface area contributed by atoms with Crippen LogP contribution < -0.4 is 16.0 Å². The smallest absolute Gasteiger partial charge is 0.257 e. The van der Waals surface area contributed by atoms with Crippen molar-refractivity contribution in [2.24, 2.45) is 0 Å². The average molecular weight is 387 g/mol. The molecule has 0 aromatic heterocycles. The molecule has 0 aliphatic rings. The fourth-order valence-corrected chi connectivity index (χ4v) is 2.91. The number of rotatable bonds is 9. The van der Waals surface area contributed by atoms with Crippen LogP contribution in [0.25, 0.3) is 0 Å². The molecule has 1 atom stereocenters. The maximum atomic E-state index is 12.7. The van der Waals surface area contributed by atoms with Crippen molar-refractivity contribution in [3.05, 3.63) is 108 Å². The Balaban J connectivity index is 1.61. The van der Waals surface area contributed by atoms with Gasteiger partial charge in [-0.05, 0) is 29.7 Å². The lowest BCUT2D eigenvalue weighted by Crippen LogP contribution is -2.55. The molecule has 0 saturated heterocycles. The summed E-state index contributed by atoms with van der Waals surface area (Å²) in [6, 6.07) is 28.6. The summed E-state index contributed by atoms with van der Waals surface area (Å²) >= 11 is 0. The van der Waals surface area contributed by atoms with Crippen molar-refractivity contribution in [1.29, 1.82) is 0 Å². The fourth-order valence-electron chi connectivity index (χ4n) is 2.91. The summed E-state index contributed by atoms with van der Waals surface area (Å²) in [7, 11) is 0. The number of amides is 2. The molecule has 0 spiro atoms. The standard InChI is InChI=1S/C24H25N3O2/c28-23(21-14-8-3-9-15-21)27-22(25-17-16-19-10-4-1-5-11-19)24(29)26-18-20-12-6-2-7-13-20/h1-15,22,25H,16-18H2,(H,26,29)(H,27,28). The van der Waals surface area contributed by atoms with Crippen LogP contribution in [0.5, 0.6) is 0 Å². The van der Waals surface area contributed by atoms with Crippen molar-refractivity contribution in [2.45, 2.75) is 19.1 Å². The second-order valence-electron chi connectivity index (χ2n) is 6.67. The first kappa shape index (κ1) is 20.3. The van der Waals surface area contributed by atoms with E-state index < -0.39 is 6.17 Å². The first-order valence-corrected chi connectivity index (χ1v) is 9.67. The lowest BCUT2D eigenvalue weighted by Gasteiger charge is -2.20. The topological polar surface area (TPSA) is 70.2 Å². The van der Waals surface area contributed by atoms with Crippen molar-refractivity contribution in [3.8, 4) is 0 Å². The highest BCUT2D eigenvalue weighted by Crippen LogP contribution is 2.01. The van der Waals surface area contributed by atoms with Gasteiger partial charge in [-0.15, -0.1) is 0 Å². The molecule has 2 amide bonds. The molecule has 5 nitrogen and oxygen atoms in total. The van der Waals surface area contributed by atoms with Gasteiger partial charge in [0.1, 0.15) is 0 Å². The van der Waals surface area contributed by atoms with Crippen molar-refractivity contribution in [2.75, 3.05) is 6.54 Å². The van der Waals surface area contributed by atoms with Gasteiger partial charge in [-0.2, -0.15) is 0 Å². The fraction of sp³-hybridized carbons (Fsp3) is 0.167. The quantitative estimate of drug-likeness (QED) is 0.495. The highest BCUT2D eigenvalue weighted by Gasteiger charge is 2.20. The van der Waals surface area contributed by atoms with Crippen LogP contribution in [0, 0.1) is 0 Å². The van der Waals surface area contributed by atoms with E-state index in [1.54, 1.807) is 24.3 Å². The van der Waals surface area contributed by atoms with Crippen molar-refractivity contribution in [3.63, 3.8) is 0 Å². The lowest BCUT2D eigenvalue weighted by molar-refractivity contribution is -0.123. The van der Waals surface area contributed by atoms with E-state index >= 15 is 0 Å². The van der Waals surface area contributed by atoms with Gasteiger partial charge in [0.05, 0.1) is 0 Å². The van der Waals surface area contributed by atoms with E-state index in [1.807, 2.05) is 66.7 Å². The number of hydrogen-bond donors (Lipinski definition) is 3. The van der Waals surface area contributed by atoms with E-state index in [9.17, 15) is 9.59 Å². The summed E-state index contributed by atoms with van der Waals surface area (Å²) in [6.45, 7) is 0.959. The predicted molar refractivity (Wildman–Crippen MR) is 114 cm³/mol. The molecule has 148 valence electrons. The summed E-state index contributed by atoms with van der Waals surface area (Å²) in [4.78, 5) is 25.3. The van der Waals surface area contributed by atoms with Gasteiger partial charge in [0.15, 0.2) is 6.17 Å². The number of carbonyl (C=O) groups is 2. The van der Waals surface area contributed by atoms with Crippen molar-refractivity contribution < 1.29 is 9.59 Å². The third kappa shape index (κ3) is 6.59. The van der Waals surface area contributed by atoms with Crippen molar-refractivity contribution >= 4 is 11.8 Å². The molecule has 3 rings (SSSR count). The van der Waals surface area contributed by atoms with Gasteiger partial charge in [-0.3, -0.25) is 14.9 Å².